The summed E-state index contributed by atoms with van der Waals surface area (Å²) in [5, 5.41) is 2.00. The lowest BCUT2D eigenvalue weighted by Gasteiger charge is -1.97. The van der Waals surface area contributed by atoms with E-state index >= 15 is 0 Å². The monoisotopic (exact) mass is 206 g/mol. The number of amides is 2. The number of carbonyl (C=O) groups is 2. The van der Waals surface area contributed by atoms with Gasteiger partial charge < -0.3 is 4.74 Å². The van der Waals surface area contributed by atoms with Crippen molar-refractivity contribution < 1.29 is 14.3 Å². The molecule has 0 atom stereocenters. The molecule has 15 heavy (non-hydrogen) atoms. The third kappa shape index (κ3) is 4.04. The van der Waals surface area contributed by atoms with Crippen molar-refractivity contribution in [2.45, 2.75) is 0 Å². The molecule has 0 saturated heterocycles. The summed E-state index contributed by atoms with van der Waals surface area (Å²) in [7, 11) is 1.19. The average Bonchev–Trinajstić information content (AvgIpc) is 2.27. The van der Waals surface area contributed by atoms with E-state index in [1.807, 2.05) is 5.32 Å². The van der Waals surface area contributed by atoms with Crippen LogP contribution >= 0.6 is 0 Å². The summed E-state index contributed by atoms with van der Waals surface area (Å²) < 4.78 is 4.26. The SMILES string of the molecule is COC(=O)NC(=O)/C=C/c1ccncc1. The van der Waals surface area contributed by atoms with Gasteiger partial charge in [0.05, 0.1) is 7.11 Å². The number of carbonyl (C=O) groups excluding carboxylic acids is 2. The number of methoxy groups -OCH3 is 1. The number of nitrogens with one attached hydrogen (secondary N) is 1. The van der Waals surface area contributed by atoms with Gasteiger partial charge in [-0.2, -0.15) is 0 Å². The molecule has 78 valence electrons. The first-order valence-electron chi connectivity index (χ1n) is 4.19. The van der Waals surface area contributed by atoms with Crippen LogP contribution in [0.3, 0.4) is 0 Å². The van der Waals surface area contributed by atoms with Crippen molar-refractivity contribution in [3.63, 3.8) is 0 Å². The smallest absolute Gasteiger partial charge is 0.413 e. The van der Waals surface area contributed by atoms with Crippen LogP contribution in [0.1, 0.15) is 5.56 Å². The molecular formula is C10H10N2O3. The number of rotatable bonds is 2. The zero-order valence-corrected chi connectivity index (χ0v) is 8.14. The van der Waals surface area contributed by atoms with Crippen LogP contribution in [0.5, 0.6) is 0 Å². The van der Waals surface area contributed by atoms with E-state index in [9.17, 15) is 9.59 Å². The second-order valence-electron chi connectivity index (χ2n) is 2.59. The molecule has 0 aliphatic carbocycles. The molecule has 1 heterocycles. The van der Waals surface area contributed by atoms with E-state index in [1.165, 1.54) is 13.2 Å². The maximum Gasteiger partial charge on any atom is 0.413 e. The molecule has 5 heteroatoms. The lowest BCUT2D eigenvalue weighted by atomic mass is 10.2. The van der Waals surface area contributed by atoms with Crippen LogP contribution in [0, 0.1) is 0 Å². The van der Waals surface area contributed by atoms with Crippen LogP contribution in [-0.2, 0) is 9.53 Å². The molecule has 0 bridgehead atoms. The fourth-order valence-corrected chi connectivity index (χ4v) is 0.840. The lowest BCUT2D eigenvalue weighted by molar-refractivity contribution is -0.115. The van der Waals surface area contributed by atoms with Gasteiger partial charge in [-0.15, -0.1) is 0 Å². The minimum Gasteiger partial charge on any atom is -0.453 e. The van der Waals surface area contributed by atoms with E-state index in [-0.39, 0.29) is 0 Å². The maximum absolute atomic E-state index is 11.1. The predicted octanol–water partition coefficient (Wildman–Crippen LogP) is 0.977. The summed E-state index contributed by atoms with van der Waals surface area (Å²) in [6.45, 7) is 0. The first-order chi connectivity index (χ1) is 7.22. The Kier molecular flexibility index (Phi) is 4.03. The fourth-order valence-electron chi connectivity index (χ4n) is 0.840. The normalized spacial score (nSPS) is 9.93. The number of ether oxygens (including phenoxy) is 1. The Bertz CT molecular complexity index is 374. The second-order valence-corrected chi connectivity index (χ2v) is 2.59. The largest absolute Gasteiger partial charge is 0.453 e. The van der Waals surface area contributed by atoms with Gasteiger partial charge in [-0.3, -0.25) is 15.1 Å². The van der Waals surface area contributed by atoms with Crippen molar-refractivity contribution in [1.29, 1.82) is 0 Å². The topological polar surface area (TPSA) is 68.3 Å². The Morgan fingerprint density at radius 2 is 2.07 bits per heavy atom. The molecule has 1 aromatic rings. The Balaban J connectivity index is 2.52. The van der Waals surface area contributed by atoms with Gasteiger partial charge in [-0.25, -0.2) is 4.79 Å². The van der Waals surface area contributed by atoms with Crippen LogP contribution in [-0.4, -0.2) is 24.1 Å². The molecule has 0 saturated carbocycles. The van der Waals surface area contributed by atoms with Crippen molar-refractivity contribution in [3.8, 4) is 0 Å². The predicted molar refractivity (Wildman–Crippen MR) is 53.8 cm³/mol. The summed E-state index contributed by atoms with van der Waals surface area (Å²) in [6.07, 6.45) is 5.25. The summed E-state index contributed by atoms with van der Waals surface area (Å²) in [6, 6.07) is 3.48. The molecule has 1 N–H and O–H groups in total. The average molecular weight is 206 g/mol. The third-order valence-electron chi connectivity index (χ3n) is 1.54. The molecule has 2 amide bonds. The van der Waals surface area contributed by atoms with Crippen molar-refractivity contribution in [2.24, 2.45) is 0 Å². The van der Waals surface area contributed by atoms with Gasteiger partial charge >= 0.3 is 6.09 Å². The molecule has 0 spiro atoms. The number of hydrogen-bond acceptors (Lipinski definition) is 4. The molecule has 0 aromatic carbocycles. The van der Waals surface area contributed by atoms with Crippen molar-refractivity contribution in [2.75, 3.05) is 7.11 Å². The van der Waals surface area contributed by atoms with Crippen molar-refractivity contribution in [1.82, 2.24) is 10.3 Å². The first-order valence-corrected chi connectivity index (χ1v) is 4.19. The molecule has 0 aliphatic rings. The molecule has 5 nitrogen and oxygen atoms in total. The highest BCUT2D eigenvalue weighted by atomic mass is 16.5. The van der Waals surface area contributed by atoms with Gasteiger partial charge in [-0.05, 0) is 23.8 Å². The van der Waals surface area contributed by atoms with E-state index in [2.05, 4.69) is 9.72 Å². The van der Waals surface area contributed by atoms with Crippen molar-refractivity contribution >= 4 is 18.1 Å². The van der Waals surface area contributed by atoms with Crippen LogP contribution in [0.2, 0.25) is 0 Å². The second kappa shape index (κ2) is 5.54. The molecule has 1 aromatic heterocycles. The lowest BCUT2D eigenvalue weighted by Crippen LogP contribution is -2.28. The molecule has 0 unspecified atom stereocenters. The van der Waals surface area contributed by atoms with Crippen molar-refractivity contribution in [3.05, 3.63) is 36.2 Å². The standard InChI is InChI=1S/C10H10N2O3/c1-15-10(14)12-9(13)3-2-8-4-6-11-7-5-8/h2-7H,1H3,(H,12,13,14)/b3-2+. The van der Waals surface area contributed by atoms with Gasteiger partial charge in [-0.1, -0.05) is 0 Å². The van der Waals surface area contributed by atoms with E-state index < -0.39 is 12.0 Å². The highest BCUT2D eigenvalue weighted by Gasteiger charge is 2.02. The van der Waals surface area contributed by atoms with Gasteiger partial charge in [0.1, 0.15) is 0 Å². The Labute approximate surface area is 86.8 Å². The van der Waals surface area contributed by atoms with E-state index in [0.717, 1.165) is 5.56 Å². The van der Waals surface area contributed by atoms with E-state index in [4.69, 9.17) is 0 Å². The number of nitrogens with zero attached hydrogens (tertiary/aromatic N) is 1. The maximum atomic E-state index is 11.1. The first kappa shape index (κ1) is 10.9. The van der Waals surface area contributed by atoms with Crippen LogP contribution in [0.4, 0.5) is 4.79 Å². The van der Waals surface area contributed by atoms with E-state index in [0.29, 0.717) is 0 Å². The molecular weight excluding hydrogens is 196 g/mol. The Morgan fingerprint density at radius 3 is 2.67 bits per heavy atom. The number of hydrogen-bond donors (Lipinski definition) is 1. The van der Waals surface area contributed by atoms with Gasteiger partial charge in [0, 0.05) is 18.5 Å². The summed E-state index contributed by atoms with van der Waals surface area (Å²) in [5.74, 6) is -0.529. The minimum atomic E-state index is -0.778. The molecule has 0 radical (unpaired) electrons. The Hall–Kier alpha value is -2.17. The zero-order valence-electron chi connectivity index (χ0n) is 8.14. The van der Waals surface area contributed by atoms with Gasteiger partial charge in [0.25, 0.3) is 5.91 Å². The third-order valence-corrected chi connectivity index (χ3v) is 1.54. The van der Waals surface area contributed by atoms with Crippen LogP contribution < -0.4 is 5.32 Å². The number of pyridine rings is 1. The van der Waals surface area contributed by atoms with Gasteiger partial charge in [0.15, 0.2) is 0 Å². The summed E-state index contributed by atoms with van der Waals surface area (Å²) in [5.41, 5.74) is 0.824. The minimum absolute atomic E-state index is 0.529. The van der Waals surface area contributed by atoms with E-state index in [1.54, 1.807) is 30.6 Å². The number of aromatic nitrogens is 1. The number of alkyl carbamates (subject to hydrolysis) is 1. The quantitative estimate of drug-likeness (QED) is 0.732. The highest BCUT2D eigenvalue weighted by molar-refractivity contribution is 6.00. The molecule has 0 fully saturated rings. The fraction of sp³-hybridized carbons (Fsp3) is 0.100. The summed E-state index contributed by atoms with van der Waals surface area (Å²) >= 11 is 0. The zero-order chi connectivity index (χ0) is 11.1. The number of imide groups is 1. The van der Waals surface area contributed by atoms with Gasteiger partial charge in [0.2, 0.25) is 0 Å². The Morgan fingerprint density at radius 1 is 1.40 bits per heavy atom. The molecule has 1 rings (SSSR count). The summed E-state index contributed by atoms with van der Waals surface area (Å²) in [4.78, 5) is 25.5. The highest BCUT2D eigenvalue weighted by Crippen LogP contribution is 1.98. The molecule has 0 aliphatic heterocycles. The van der Waals surface area contributed by atoms with Crippen LogP contribution in [0.25, 0.3) is 6.08 Å². The van der Waals surface area contributed by atoms with Crippen LogP contribution in [0.15, 0.2) is 30.6 Å².